The summed E-state index contributed by atoms with van der Waals surface area (Å²) in [7, 11) is 0. The lowest BCUT2D eigenvalue weighted by Crippen LogP contribution is -2.36. The van der Waals surface area contributed by atoms with Crippen LogP contribution in [0.15, 0.2) is 29.2 Å². The summed E-state index contributed by atoms with van der Waals surface area (Å²) in [4.78, 5) is 22.5. The zero-order chi connectivity index (χ0) is 15.2. The summed E-state index contributed by atoms with van der Waals surface area (Å²) in [6.07, 6.45) is 0. The topological polar surface area (TPSA) is 92.5 Å². The number of hydrogen-bond donors (Lipinski definition) is 2. The fraction of sp³-hybridized carbons (Fsp3) is 0.462. The maximum absolute atomic E-state index is 11.6. The van der Waals surface area contributed by atoms with E-state index in [-0.39, 0.29) is 29.4 Å². The van der Waals surface area contributed by atoms with Crippen LogP contribution in [0.1, 0.15) is 13.8 Å². The van der Waals surface area contributed by atoms with E-state index < -0.39 is 4.92 Å². The van der Waals surface area contributed by atoms with Crippen LogP contribution in [-0.2, 0) is 4.79 Å². The van der Waals surface area contributed by atoms with E-state index in [1.165, 1.54) is 23.9 Å². The molecule has 0 heterocycles. The summed E-state index contributed by atoms with van der Waals surface area (Å²) in [6.45, 7) is 4.12. The molecule has 20 heavy (non-hydrogen) atoms. The number of amides is 1. The second-order valence-corrected chi connectivity index (χ2v) is 6.19. The molecule has 6 nitrogen and oxygen atoms in total. The van der Waals surface area contributed by atoms with E-state index in [1.54, 1.807) is 12.1 Å². The third-order valence-electron chi connectivity index (χ3n) is 2.61. The Labute approximate surface area is 121 Å². The molecule has 0 spiro atoms. The molecule has 0 radical (unpaired) electrons. The lowest BCUT2D eigenvalue weighted by atomic mass is 9.95. The predicted molar refractivity (Wildman–Crippen MR) is 77.7 cm³/mol. The molecule has 2 N–H and O–H groups in total. The molecule has 0 aliphatic carbocycles. The van der Waals surface area contributed by atoms with Crippen molar-refractivity contribution in [3.8, 4) is 0 Å². The van der Waals surface area contributed by atoms with Crippen molar-refractivity contribution in [2.24, 2.45) is 5.41 Å². The van der Waals surface area contributed by atoms with E-state index in [9.17, 15) is 14.9 Å². The number of nitrogens with one attached hydrogen (secondary N) is 1. The number of nitro benzene ring substituents is 1. The van der Waals surface area contributed by atoms with E-state index in [0.29, 0.717) is 6.54 Å². The standard InChI is InChI=1S/C13H18N2O4S/c1-13(2,9-16)8-14-12(17)7-20-11-5-3-10(4-6-11)15(18)19/h3-6,16H,7-9H2,1-2H3,(H,14,17). The zero-order valence-corrected chi connectivity index (χ0v) is 12.3. The number of nitro groups is 1. The van der Waals surface area contributed by atoms with E-state index in [4.69, 9.17) is 5.11 Å². The van der Waals surface area contributed by atoms with Gasteiger partial charge in [-0.1, -0.05) is 13.8 Å². The monoisotopic (exact) mass is 298 g/mol. The Morgan fingerprint density at radius 3 is 2.50 bits per heavy atom. The molecule has 1 amide bonds. The van der Waals surface area contributed by atoms with Crippen molar-refractivity contribution in [1.82, 2.24) is 5.32 Å². The summed E-state index contributed by atoms with van der Waals surface area (Å²) >= 11 is 1.31. The first kappa shape index (κ1) is 16.5. The van der Waals surface area contributed by atoms with Gasteiger partial charge in [-0.05, 0) is 12.1 Å². The molecule has 1 rings (SSSR count). The summed E-state index contributed by atoms with van der Waals surface area (Å²) in [5.74, 6) is 0.106. The fourth-order valence-electron chi connectivity index (χ4n) is 1.26. The van der Waals surface area contributed by atoms with Crippen LogP contribution in [0.4, 0.5) is 5.69 Å². The van der Waals surface area contributed by atoms with Crippen molar-refractivity contribution in [3.63, 3.8) is 0 Å². The molecule has 0 saturated heterocycles. The molecule has 0 aliphatic heterocycles. The van der Waals surface area contributed by atoms with Gasteiger partial charge in [-0.25, -0.2) is 0 Å². The first-order valence-corrected chi connectivity index (χ1v) is 7.07. The van der Waals surface area contributed by atoms with Crippen molar-refractivity contribution >= 4 is 23.4 Å². The van der Waals surface area contributed by atoms with Gasteiger partial charge < -0.3 is 10.4 Å². The van der Waals surface area contributed by atoms with Crippen LogP contribution in [0.25, 0.3) is 0 Å². The molecule has 0 fully saturated rings. The smallest absolute Gasteiger partial charge is 0.269 e. The minimum absolute atomic E-state index is 0.00275. The van der Waals surface area contributed by atoms with Crippen molar-refractivity contribution in [2.75, 3.05) is 18.9 Å². The highest BCUT2D eigenvalue weighted by Crippen LogP contribution is 2.21. The Kier molecular flexibility index (Phi) is 5.97. The summed E-state index contributed by atoms with van der Waals surface area (Å²) in [5.41, 5.74) is -0.309. The highest BCUT2D eigenvalue weighted by molar-refractivity contribution is 8.00. The molecule has 0 bridgehead atoms. The van der Waals surface area contributed by atoms with Crippen molar-refractivity contribution in [1.29, 1.82) is 0 Å². The number of nitrogens with zero attached hydrogens (tertiary/aromatic N) is 1. The Balaban J connectivity index is 2.39. The summed E-state index contributed by atoms with van der Waals surface area (Å²) in [5, 5.41) is 22.3. The average Bonchev–Trinajstić information content (AvgIpc) is 2.43. The number of carbonyl (C=O) groups excluding carboxylic acids is 1. The molecule has 0 aliphatic rings. The third-order valence-corrected chi connectivity index (χ3v) is 3.62. The normalized spacial score (nSPS) is 11.2. The molecule has 1 aromatic rings. The molecular weight excluding hydrogens is 280 g/mol. The number of thioether (sulfide) groups is 1. The first-order valence-electron chi connectivity index (χ1n) is 6.09. The van der Waals surface area contributed by atoms with Crippen LogP contribution in [-0.4, -0.2) is 34.8 Å². The maximum Gasteiger partial charge on any atom is 0.269 e. The van der Waals surface area contributed by atoms with Crippen molar-refractivity contribution in [2.45, 2.75) is 18.7 Å². The van der Waals surface area contributed by atoms with Gasteiger partial charge in [-0.2, -0.15) is 0 Å². The average molecular weight is 298 g/mol. The van der Waals surface area contributed by atoms with E-state index in [1.807, 2.05) is 13.8 Å². The van der Waals surface area contributed by atoms with Crippen LogP contribution in [0, 0.1) is 15.5 Å². The molecule has 0 unspecified atom stereocenters. The Morgan fingerprint density at radius 2 is 2.00 bits per heavy atom. The maximum atomic E-state index is 11.6. The predicted octanol–water partition coefficient (Wildman–Crippen LogP) is 1.82. The van der Waals surface area contributed by atoms with Gasteiger partial charge in [0.25, 0.3) is 5.69 Å². The van der Waals surface area contributed by atoms with Gasteiger partial charge >= 0.3 is 0 Å². The number of rotatable bonds is 7. The quantitative estimate of drug-likeness (QED) is 0.455. The zero-order valence-electron chi connectivity index (χ0n) is 11.5. The first-order chi connectivity index (χ1) is 9.34. The molecule has 0 saturated carbocycles. The Morgan fingerprint density at radius 1 is 1.40 bits per heavy atom. The fourth-order valence-corrected chi connectivity index (χ4v) is 1.99. The van der Waals surface area contributed by atoms with Crippen LogP contribution < -0.4 is 5.32 Å². The number of aliphatic hydroxyl groups excluding tert-OH is 1. The minimum Gasteiger partial charge on any atom is -0.396 e. The Bertz CT molecular complexity index is 474. The highest BCUT2D eigenvalue weighted by Gasteiger charge is 2.17. The molecule has 0 aromatic heterocycles. The SMILES string of the molecule is CC(C)(CO)CNC(=O)CSc1ccc([N+](=O)[O-])cc1. The van der Waals surface area contributed by atoms with Gasteiger partial charge in [0.1, 0.15) is 0 Å². The van der Waals surface area contributed by atoms with Gasteiger partial charge in [0.2, 0.25) is 5.91 Å². The number of hydrogen-bond acceptors (Lipinski definition) is 5. The highest BCUT2D eigenvalue weighted by atomic mass is 32.2. The molecule has 1 aromatic carbocycles. The second-order valence-electron chi connectivity index (χ2n) is 5.14. The summed E-state index contributed by atoms with van der Waals surface area (Å²) < 4.78 is 0. The van der Waals surface area contributed by atoms with Crippen LogP contribution in [0.5, 0.6) is 0 Å². The molecule has 110 valence electrons. The van der Waals surface area contributed by atoms with Gasteiger partial charge in [0, 0.05) is 35.6 Å². The number of aliphatic hydroxyl groups is 1. The third kappa shape index (κ3) is 5.58. The molecule has 7 heteroatoms. The summed E-state index contributed by atoms with van der Waals surface area (Å²) in [6, 6.07) is 6.06. The number of non-ortho nitro benzene ring substituents is 1. The number of carbonyl (C=O) groups is 1. The lowest BCUT2D eigenvalue weighted by molar-refractivity contribution is -0.384. The minimum atomic E-state index is -0.460. The second kappa shape index (κ2) is 7.25. The number of benzene rings is 1. The lowest BCUT2D eigenvalue weighted by Gasteiger charge is -2.21. The van der Waals surface area contributed by atoms with Gasteiger partial charge in [-0.3, -0.25) is 14.9 Å². The molecule has 0 atom stereocenters. The van der Waals surface area contributed by atoms with Gasteiger partial charge in [-0.15, -0.1) is 11.8 Å². The van der Waals surface area contributed by atoms with Gasteiger partial charge in [0.05, 0.1) is 10.7 Å². The van der Waals surface area contributed by atoms with Crippen LogP contribution >= 0.6 is 11.8 Å². The van der Waals surface area contributed by atoms with Crippen molar-refractivity contribution < 1.29 is 14.8 Å². The molecular formula is C13H18N2O4S. The van der Waals surface area contributed by atoms with E-state index in [2.05, 4.69) is 5.32 Å². The van der Waals surface area contributed by atoms with E-state index >= 15 is 0 Å². The van der Waals surface area contributed by atoms with Crippen molar-refractivity contribution in [3.05, 3.63) is 34.4 Å². The largest absolute Gasteiger partial charge is 0.396 e. The van der Waals surface area contributed by atoms with E-state index in [0.717, 1.165) is 4.90 Å². The Hall–Kier alpha value is -1.60. The van der Waals surface area contributed by atoms with Crippen LogP contribution in [0.3, 0.4) is 0 Å². The van der Waals surface area contributed by atoms with Gasteiger partial charge in [0.15, 0.2) is 0 Å². The van der Waals surface area contributed by atoms with Crippen LogP contribution in [0.2, 0.25) is 0 Å².